The summed E-state index contributed by atoms with van der Waals surface area (Å²) in [5.41, 5.74) is 0. The van der Waals surface area contributed by atoms with Crippen LogP contribution in [0.5, 0.6) is 0 Å². The van der Waals surface area contributed by atoms with Gasteiger partial charge in [0, 0.05) is 12.1 Å². The molecule has 122 valence electrons. The molecule has 1 N–H and O–H groups in total. The Labute approximate surface area is 130 Å². The lowest BCUT2D eigenvalue weighted by atomic mass is 9.84. The molecule has 2 aliphatic rings. The number of unbranched alkanes of at least 4 members (excludes halogenated alkanes) is 4. The van der Waals surface area contributed by atoms with Gasteiger partial charge in [-0.05, 0) is 38.5 Å². The largest absolute Gasteiger partial charge is 0.480 e. The topological polar surface area (TPSA) is 40.5 Å². The van der Waals surface area contributed by atoms with Crippen LogP contribution in [0.15, 0.2) is 0 Å². The lowest BCUT2D eigenvalue weighted by Gasteiger charge is -2.37. The van der Waals surface area contributed by atoms with Crippen molar-refractivity contribution in [1.29, 1.82) is 0 Å². The number of hydrogen-bond donors (Lipinski definition) is 1. The van der Waals surface area contributed by atoms with Crippen LogP contribution in [0.25, 0.3) is 0 Å². The second-order valence-electron chi connectivity index (χ2n) is 7.20. The summed E-state index contributed by atoms with van der Waals surface area (Å²) in [6.45, 7) is 4.50. The highest BCUT2D eigenvalue weighted by Crippen LogP contribution is 2.41. The van der Waals surface area contributed by atoms with Gasteiger partial charge in [0.25, 0.3) is 0 Å². The number of rotatable bonds is 8. The molecule has 0 aromatic heterocycles. The third-order valence-corrected chi connectivity index (χ3v) is 5.66. The number of aliphatic carboxylic acids is 1. The second kappa shape index (κ2) is 8.17. The van der Waals surface area contributed by atoms with Crippen molar-refractivity contribution in [2.75, 3.05) is 0 Å². The smallest absolute Gasteiger partial charge is 0.320 e. The predicted molar refractivity (Wildman–Crippen MR) is 86.5 cm³/mol. The van der Waals surface area contributed by atoms with Crippen molar-refractivity contribution in [1.82, 2.24) is 4.90 Å². The molecular formula is C18H33NO2. The summed E-state index contributed by atoms with van der Waals surface area (Å²) in [6.07, 6.45) is 13.6. The lowest BCUT2D eigenvalue weighted by Crippen LogP contribution is -2.47. The van der Waals surface area contributed by atoms with Crippen molar-refractivity contribution in [2.45, 2.75) is 103 Å². The Morgan fingerprint density at radius 1 is 1.19 bits per heavy atom. The van der Waals surface area contributed by atoms with Crippen molar-refractivity contribution in [3.63, 3.8) is 0 Å². The van der Waals surface area contributed by atoms with E-state index in [9.17, 15) is 9.90 Å². The maximum atomic E-state index is 11.6. The third-order valence-electron chi connectivity index (χ3n) is 5.66. The summed E-state index contributed by atoms with van der Waals surface area (Å²) in [4.78, 5) is 14.0. The fraction of sp³-hybridized carbons (Fsp3) is 0.944. The first-order valence-corrected chi connectivity index (χ1v) is 9.15. The van der Waals surface area contributed by atoms with Crippen LogP contribution in [0.4, 0.5) is 0 Å². The molecule has 0 amide bonds. The van der Waals surface area contributed by atoms with Crippen molar-refractivity contribution >= 4 is 5.97 Å². The van der Waals surface area contributed by atoms with E-state index in [2.05, 4.69) is 18.7 Å². The normalized spacial score (nSPS) is 31.0. The number of hydrogen-bond acceptors (Lipinski definition) is 2. The van der Waals surface area contributed by atoms with Gasteiger partial charge in [-0.1, -0.05) is 51.9 Å². The van der Waals surface area contributed by atoms with Crippen LogP contribution < -0.4 is 0 Å². The first-order valence-electron chi connectivity index (χ1n) is 9.15. The van der Waals surface area contributed by atoms with Crippen molar-refractivity contribution in [2.24, 2.45) is 5.92 Å². The van der Waals surface area contributed by atoms with E-state index in [0.717, 1.165) is 12.8 Å². The Bertz CT molecular complexity index is 331. The van der Waals surface area contributed by atoms with E-state index < -0.39 is 5.97 Å². The van der Waals surface area contributed by atoms with Crippen LogP contribution in [-0.4, -0.2) is 34.1 Å². The molecule has 4 atom stereocenters. The van der Waals surface area contributed by atoms with E-state index in [-0.39, 0.29) is 6.04 Å². The van der Waals surface area contributed by atoms with Gasteiger partial charge in [-0.15, -0.1) is 0 Å². The van der Waals surface area contributed by atoms with Gasteiger partial charge in [-0.3, -0.25) is 9.69 Å². The third kappa shape index (κ3) is 4.21. The molecular weight excluding hydrogens is 262 g/mol. The first-order chi connectivity index (χ1) is 10.1. The van der Waals surface area contributed by atoms with Crippen molar-refractivity contribution in [3.8, 4) is 0 Å². The van der Waals surface area contributed by atoms with Crippen LogP contribution in [-0.2, 0) is 4.79 Å². The quantitative estimate of drug-likeness (QED) is 0.672. The minimum absolute atomic E-state index is 0.219. The standard InChI is InChI=1S/C18H33NO2/c1-3-4-5-6-7-10-14(2)19-16-12-9-8-11-15(16)13-17(19)18(20)21/h14-17H,3-13H2,1-2H3,(H,20,21). The Kier molecular flexibility index (Phi) is 6.53. The van der Waals surface area contributed by atoms with E-state index in [1.54, 1.807) is 0 Å². The first kappa shape index (κ1) is 16.8. The summed E-state index contributed by atoms with van der Waals surface area (Å²) >= 11 is 0. The summed E-state index contributed by atoms with van der Waals surface area (Å²) in [5.74, 6) is 0.0459. The molecule has 2 rings (SSSR count). The number of carbonyl (C=O) groups is 1. The molecule has 3 heteroatoms. The Morgan fingerprint density at radius 2 is 1.90 bits per heavy atom. The number of fused-ring (bicyclic) bond motifs is 1. The monoisotopic (exact) mass is 295 g/mol. The molecule has 0 aromatic carbocycles. The molecule has 1 saturated heterocycles. The molecule has 1 saturated carbocycles. The molecule has 21 heavy (non-hydrogen) atoms. The van der Waals surface area contributed by atoms with Crippen molar-refractivity contribution < 1.29 is 9.90 Å². The zero-order chi connectivity index (χ0) is 15.2. The number of nitrogens with zero attached hydrogens (tertiary/aromatic N) is 1. The summed E-state index contributed by atoms with van der Waals surface area (Å²) < 4.78 is 0. The van der Waals surface area contributed by atoms with Gasteiger partial charge >= 0.3 is 5.97 Å². The lowest BCUT2D eigenvalue weighted by molar-refractivity contribution is -0.143. The Hall–Kier alpha value is -0.570. The molecule has 1 aliphatic carbocycles. The maximum absolute atomic E-state index is 11.6. The molecule has 2 fully saturated rings. The molecule has 0 radical (unpaired) electrons. The number of carboxylic acids is 1. The minimum Gasteiger partial charge on any atom is -0.480 e. The van der Waals surface area contributed by atoms with E-state index in [0.29, 0.717) is 18.0 Å². The molecule has 0 aromatic rings. The van der Waals surface area contributed by atoms with E-state index in [1.165, 1.54) is 57.8 Å². The highest BCUT2D eigenvalue weighted by Gasteiger charge is 2.46. The van der Waals surface area contributed by atoms with Gasteiger partial charge in [-0.25, -0.2) is 0 Å². The van der Waals surface area contributed by atoms with Gasteiger partial charge in [0.1, 0.15) is 6.04 Å². The summed E-state index contributed by atoms with van der Waals surface area (Å²) in [6, 6.07) is 0.759. The zero-order valence-corrected chi connectivity index (χ0v) is 13.9. The highest BCUT2D eigenvalue weighted by atomic mass is 16.4. The van der Waals surface area contributed by atoms with Crippen LogP contribution in [0.1, 0.15) is 84.5 Å². The summed E-state index contributed by atoms with van der Waals surface area (Å²) in [7, 11) is 0. The average Bonchev–Trinajstić information content (AvgIpc) is 2.86. The molecule has 0 spiro atoms. The van der Waals surface area contributed by atoms with Crippen LogP contribution in [0, 0.1) is 5.92 Å². The van der Waals surface area contributed by atoms with Gasteiger partial charge in [0.2, 0.25) is 0 Å². The Morgan fingerprint density at radius 3 is 2.62 bits per heavy atom. The second-order valence-corrected chi connectivity index (χ2v) is 7.20. The fourth-order valence-corrected chi connectivity index (χ4v) is 4.55. The van der Waals surface area contributed by atoms with Gasteiger partial charge in [0.05, 0.1) is 0 Å². The van der Waals surface area contributed by atoms with Gasteiger partial charge in [0.15, 0.2) is 0 Å². The van der Waals surface area contributed by atoms with E-state index in [4.69, 9.17) is 0 Å². The fourth-order valence-electron chi connectivity index (χ4n) is 4.55. The van der Waals surface area contributed by atoms with Crippen LogP contribution in [0.3, 0.4) is 0 Å². The molecule has 4 unspecified atom stereocenters. The van der Waals surface area contributed by atoms with E-state index in [1.807, 2.05) is 0 Å². The number of carboxylic acid groups (broad SMARTS) is 1. The molecule has 3 nitrogen and oxygen atoms in total. The highest BCUT2D eigenvalue weighted by molar-refractivity contribution is 5.74. The van der Waals surface area contributed by atoms with Crippen LogP contribution in [0.2, 0.25) is 0 Å². The SMILES string of the molecule is CCCCCCCC(C)N1C(C(=O)O)CC2CCCCC21. The number of likely N-dealkylation sites (tertiary alicyclic amines) is 1. The van der Waals surface area contributed by atoms with Crippen LogP contribution >= 0.6 is 0 Å². The van der Waals surface area contributed by atoms with E-state index >= 15 is 0 Å². The zero-order valence-electron chi connectivity index (χ0n) is 13.9. The Balaban J connectivity index is 1.88. The molecule has 1 aliphatic heterocycles. The van der Waals surface area contributed by atoms with Gasteiger partial charge < -0.3 is 5.11 Å². The molecule has 1 heterocycles. The minimum atomic E-state index is -0.595. The molecule has 0 bridgehead atoms. The van der Waals surface area contributed by atoms with Gasteiger partial charge in [-0.2, -0.15) is 0 Å². The summed E-state index contributed by atoms with van der Waals surface area (Å²) in [5, 5.41) is 9.58. The average molecular weight is 295 g/mol. The maximum Gasteiger partial charge on any atom is 0.320 e. The van der Waals surface area contributed by atoms with Crippen molar-refractivity contribution in [3.05, 3.63) is 0 Å². The predicted octanol–water partition coefficient (Wildman–Crippen LogP) is 4.45.